The third kappa shape index (κ3) is 1.90. The van der Waals surface area contributed by atoms with Crippen molar-refractivity contribution in [1.29, 1.82) is 0 Å². The molecule has 1 saturated carbocycles. The second kappa shape index (κ2) is 3.76. The topological polar surface area (TPSA) is 25.1 Å². The lowest BCUT2D eigenvalue weighted by molar-refractivity contribution is -0.191. The minimum absolute atomic E-state index is 0.0303. The summed E-state index contributed by atoms with van der Waals surface area (Å²) in [7, 11) is 0. The van der Waals surface area contributed by atoms with Gasteiger partial charge in [-0.1, -0.05) is 62.3 Å². The van der Waals surface area contributed by atoms with E-state index in [4.69, 9.17) is 9.78 Å². The van der Waals surface area contributed by atoms with E-state index in [1.165, 1.54) is 6.42 Å². The van der Waals surface area contributed by atoms with Crippen LogP contribution in [0.4, 0.5) is 0 Å². The van der Waals surface area contributed by atoms with Crippen LogP contribution in [0.1, 0.15) is 75.2 Å². The summed E-state index contributed by atoms with van der Waals surface area (Å²) in [5.74, 6) is 0.184. The Morgan fingerprint density at radius 1 is 0.895 bits per heavy atom. The van der Waals surface area contributed by atoms with Crippen LogP contribution in [0.15, 0.2) is 0 Å². The Morgan fingerprint density at radius 3 is 1.63 bits per heavy atom. The Bertz CT molecular complexity index is 350. The van der Waals surface area contributed by atoms with Gasteiger partial charge in [0.05, 0.1) is 0 Å². The van der Waals surface area contributed by atoms with E-state index in [9.17, 15) is 0 Å². The van der Waals surface area contributed by atoms with Crippen molar-refractivity contribution in [1.82, 2.24) is 0 Å². The molecule has 0 radical (unpaired) electrons. The van der Waals surface area contributed by atoms with Gasteiger partial charge in [-0.05, 0) is 28.6 Å². The van der Waals surface area contributed by atoms with Crippen molar-refractivity contribution >= 4 is 0 Å². The highest BCUT2D eigenvalue weighted by Gasteiger charge is 2.77. The van der Waals surface area contributed by atoms with E-state index in [1.807, 2.05) is 0 Å². The van der Waals surface area contributed by atoms with Crippen molar-refractivity contribution in [2.75, 3.05) is 0 Å². The molecule has 1 unspecified atom stereocenters. The van der Waals surface area contributed by atoms with E-state index >= 15 is 0 Å². The summed E-state index contributed by atoms with van der Waals surface area (Å²) in [5, 5.41) is 0. The summed E-state index contributed by atoms with van der Waals surface area (Å²) < 4.78 is 0. The summed E-state index contributed by atoms with van der Waals surface area (Å²) in [6.07, 6.45) is 2.23. The third-order valence-electron chi connectivity index (χ3n) is 5.56. The Balaban J connectivity index is 2.61. The van der Waals surface area contributed by atoms with E-state index in [-0.39, 0.29) is 27.4 Å². The molecule has 2 aliphatic rings. The molecule has 0 bridgehead atoms. The average Bonchev–Trinajstić information content (AvgIpc) is 2.75. The highest BCUT2D eigenvalue weighted by Crippen LogP contribution is 2.73. The van der Waals surface area contributed by atoms with E-state index in [0.717, 1.165) is 6.42 Å². The molecule has 19 heavy (non-hydrogen) atoms. The van der Waals surface area contributed by atoms with Crippen molar-refractivity contribution in [2.45, 2.75) is 80.9 Å². The minimum Gasteiger partial charge on any atom is -0.194 e. The van der Waals surface area contributed by atoms with Crippen LogP contribution in [-0.2, 0) is 9.78 Å². The van der Waals surface area contributed by atoms with Crippen LogP contribution in [0.5, 0.6) is 0 Å². The maximum atomic E-state index is 5.71. The van der Waals surface area contributed by atoms with Gasteiger partial charge in [0.15, 0.2) is 0 Å². The molecule has 1 heterocycles. The number of rotatable bonds is 0. The van der Waals surface area contributed by atoms with Gasteiger partial charge in [0.25, 0.3) is 0 Å². The van der Waals surface area contributed by atoms with Gasteiger partial charge >= 0.3 is 0 Å². The van der Waals surface area contributed by atoms with Gasteiger partial charge in [-0.25, -0.2) is 0 Å². The normalized spacial score (nSPS) is 32.4. The van der Waals surface area contributed by atoms with Crippen LogP contribution in [-0.4, -0.2) is 5.79 Å². The van der Waals surface area contributed by atoms with Crippen LogP contribution in [0, 0.1) is 27.6 Å². The van der Waals surface area contributed by atoms with Gasteiger partial charge in [0.2, 0.25) is 5.79 Å². The summed E-state index contributed by atoms with van der Waals surface area (Å²) in [6, 6.07) is 0. The van der Waals surface area contributed by atoms with Crippen LogP contribution in [0.25, 0.3) is 0 Å². The molecule has 2 rings (SSSR count). The van der Waals surface area contributed by atoms with Gasteiger partial charge in [0.1, 0.15) is 0 Å². The quantitative estimate of drug-likeness (QED) is 0.447. The number of hydrogen-bond acceptors (Lipinski definition) is 2. The molecule has 2 fully saturated rings. The zero-order chi connectivity index (χ0) is 14.9. The third-order valence-corrected chi connectivity index (χ3v) is 5.56. The largest absolute Gasteiger partial charge is 0.241 e. The van der Waals surface area contributed by atoms with Gasteiger partial charge in [-0.2, -0.15) is 9.78 Å². The first-order valence-electron chi connectivity index (χ1n) is 7.66. The average molecular weight is 268 g/mol. The lowest BCUT2D eigenvalue weighted by Crippen LogP contribution is -2.64. The fourth-order valence-electron chi connectivity index (χ4n) is 6.19. The second-order valence-corrected chi connectivity index (χ2v) is 9.67. The molecule has 1 saturated heterocycles. The van der Waals surface area contributed by atoms with Crippen molar-refractivity contribution in [3.63, 3.8) is 0 Å². The van der Waals surface area contributed by atoms with E-state index in [2.05, 4.69) is 62.3 Å². The van der Waals surface area contributed by atoms with Gasteiger partial charge in [0, 0.05) is 11.8 Å². The summed E-state index contributed by atoms with van der Waals surface area (Å²) in [6.45, 7) is 21.2. The Morgan fingerprint density at radius 2 is 1.32 bits per heavy atom. The summed E-state index contributed by atoms with van der Waals surface area (Å²) in [5.41, 5.74) is 0.591. The van der Waals surface area contributed by atoms with Crippen LogP contribution in [0.3, 0.4) is 0 Å². The fourth-order valence-corrected chi connectivity index (χ4v) is 6.19. The van der Waals surface area contributed by atoms with Crippen LogP contribution in [0.2, 0.25) is 0 Å². The monoisotopic (exact) mass is 268 g/mol. The van der Waals surface area contributed by atoms with Gasteiger partial charge < -0.3 is 0 Å². The Hall–Kier alpha value is -0.0800. The first-order valence-corrected chi connectivity index (χ1v) is 7.66. The van der Waals surface area contributed by atoms with E-state index in [0.29, 0.717) is 5.92 Å². The molecular weight excluding hydrogens is 236 g/mol. The molecule has 1 spiro atoms. The maximum absolute atomic E-state index is 5.71. The van der Waals surface area contributed by atoms with E-state index < -0.39 is 0 Å². The standard InChI is InChI=1S/C17H32O2/c1-12-10-15(8,9)11-16(18-19-16)17(12,13(2,3)4)14(5,6)7/h12H,10-11H2,1-9H3. The first-order chi connectivity index (χ1) is 8.29. The fraction of sp³-hybridized carbons (Fsp3) is 1.00. The molecule has 0 N–H and O–H groups in total. The van der Waals surface area contributed by atoms with Crippen molar-refractivity contribution in [3.05, 3.63) is 0 Å². The minimum atomic E-state index is -0.384. The SMILES string of the molecule is CC1CC(C)(C)CC2(OO2)C1(C(C)(C)C)C(C)(C)C. The Kier molecular flexibility index (Phi) is 3.03. The molecule has 0 amide bonds. The molecule has 2 nitrogen and oxygen atoms in total. The highest BCUT2D eigenvalue weighted by atomic mass is 17.4. The molecule has 1 aliphatic carbocycles. The lowest BCUT2D eigenvalue weighted by atomic mass is 9.41. The number of hydrogen-bond donors (Lipinski definition) is 0. The van der Waals surface area contributed by atoms with E-state index in [1.54, 1.807) is 0 Å². The van der Waals surface area contributed by atoms with Crippen molar-refractivity contribution < 1.29 is 9.78 Å². The molecule has 1 aliphatic heterocycles. The van der Waals surface area contributed by atoms with Gasteiger partial charge in [-0.15, -0.1) is 0 Å². The molecule has 2 heteroatoms. The summed E-state index contributed by atoms with van der Waals surface area (Å²) in [4.78, 5) is 11.4. The molecule has 0 aromatic rings. The molecule has 0 aromatic heterocycles. The smallest absolute Gasteiger partial charge is 0.194 e. The van der Waals surface area contributed by atoms with Gasteiger partial charge in [-0.3, -0.25) is 0 Å². The lowest BCUT2D eigenvalue weighted by Gasteiger charge is -2.62. The molecule has 112 valence electrons. The summed E-state index contributed by atoms with van der Waals surface area (Å²) >= 11 is 0. The first kappa shape index (κ1) is 15.3. The zero-order valence-corrected chi connectivity index (χ0v) is 14.3. The Labute approximate surface area is 119 Å². The predicted octanol–water partition coefficient (Wildman–Crippen LogP) is 5.18. The van der Waals surface area contributed by atoms with Crippen molar-refractivity contribution in [2.24, 2.45) is 27.6 Å². The second-order valence-electron chi connectivity index (χ2n) is 9.67. The molecular formula is C17H32O2. The van der Waals surface area contributed by atoms with Crippen LogP contribution >= 0.6 is 0 Å². The van der Waals surface area contributed by atoms with Crippen LogP contribution < -0.4 is 0 Å². The highest BCUT2D eigenvalue weighted by molar-refractivity contribution is 5.16. The molecule has 1 atom stereocenters. The molecule has 0 aromatic carbocycles. The predicted molar refractivity (Wildman–Crippen MR) is 78.4 cm³/mol. The van der Waals surface area contributed by atoms with Crippen molar-refractivity contribution in [3.8, 4) is 0 Å². The zero-order valence-electron chi connectivity index (χ0n) is 14.3. The maximum Gasteiger partial charge on any atom is 0.241 e.